The van der Waals surface area contributed by atoms with Gasteiger partial charge in [-0.3, -0.25) is 9.59 Å². The third-order valence-electron chi connectivity index (χ3n) is 4.38. The maximum absolute atomic E-state index is 12.9. The second kappa shape index (κ2) is 7.66. The lowest BCUT2D eigenvalue weighted by molar-refractivity contribution is 0.0983. The van der Waals surface area contributed by atoms with Crippen LogP contribution in [-0.4, -0.2) is 23.3 Å². The lowest BCUT2D eigenvalue weighted by atomic mass is 10.2. The highest BCUT2D eigenvalue weighted by Crippen LogP contribution is 2.41. The second-order valence-electron chi connectivity index (χ2n) is 6.15. The fourth-order valence-corrected chi connectivity index (χ4v) is 4.19. The van der Waals surface area contributed by atoms with Crippen LogP contribution in [0.25, 0.3) is 0 Å². The summed E-state index contributed by atoms with van der Waals surface area (Å²) in [6.07, 6.45) is 1.67. The number of hydrogen-bond donors (Lipinski definition) is 1. The van der Waals surface area contributed by atoms with Crippen LogP contribution in [-0.2, 0) is 0 Å². The molecule has 2 aromatic carbocycles. The number of benzene rings is 2. The molecular formula is C21H16ClN3O2S. The summed E-state index contributed by atoms with van der Waals surface area (Å²) >= 11 is 7.30. The van der Waals surface area contributed by atoms with E-state index in [0.29, 0.717) is 33.4 Å². The van der Waals surface area contributed by atoms with E-state index in [2.05, 4.69) is 10.3 Å². The molecule has 2 heterocycles. The van der Waals surface area contributed by atoms with Gasteiger partial charge in [0, 0.05) is 33.9 Å². The average Bonchev–Trinajstić information content (AvgIpc) is 2.82. The van der Waals surface area contributed by atoms with Crippen LogP contribution < -0.4 is 10.2 Å². The second-order valence-corrected chi connectivity index (χ2v) is 7.62. The van der Waals surface area contributed by atoms with E-state index >= 15 is 0 Å². The average molecular weight is 410 g/mol. The minimum atomic E-state index is -0.225. The van der Waals surface area contributed by atoms with Crippen LogP contribution in [0.3, 0.4) is 0 Å². The Bertz CT molecular complexity index is 1070. The number of nitrogens with zero attached hydrogens (tertiary/aromatic N) is 2. The first kappa shape index (κ1) is 18.5. The van der Waals surface area contributed by atoms with Crippen LogP contribution in [0, 0.1) is 0 Å². The first-order valence-corrected chi connectivity index (χ1v) is 9.92. The molecule has 7 heteroatoms. The van der Waals surface area contributed by atoms with E-state index in [9.17, 15) is 9.59 Å². The van der Waals surface area contributed by atoms with Crippen molar-refractivity contribution < 1.29 is 9.59 Å². The fraction of sp³-hybridized carbons (Fsp3) is 0.0952. The van der Waals surface area contributed by atoms with Gasteiger partial charge in [0.15, 0.2) is 0 Å². The fourth-order valence-electron chi connectivity index (χ4n) is 3.01. The third kappa shape index (κ3) is 3.48. The highest BCUT2D eigenvalue weighted by atomic mass is 35.5. The minimum Gasteiger partial charge on any atom is -0.322 e. The Labute approximate surface area is 171 Å². The normalized spacial score (nSPS) is 12.8. The van der Waals surface area contributed by atoms with Gasteiger partial charge in [-0.25, -0.2) is 4.98 Å². The molecule has 3 aromatic rings. The minimum absolute atomic E-state index is 0.0743. The van der Waals surface area contributed by atoms with Crippen molar-refractivity contribution in [2.24, 2.45) is 0 Å². The van der Waals surface area contributed by atoms with E-state index in [1.54, 1.807) is 53.6 Å². The van der Waals surface area contributed by atoms with Crippen molar-refractivity contribution in [3.05, 3.63) is 76.9 Å². The van der Waals surface area contributed by atoms with Crippen molar-refractivity contribution in [2.75, 3.05) is 16.8 Å². The number of amides is 2. The zero-order valence-electron chi connectivity index (χ0n) is 15.0. The molecule has 0 atom stereocenters. The highest BCUT2D eigenvalue weighted by molar-refractivity contribution is 7.99. The summed E-state index contributed by atoms with van der Waals surface area (Å²) in [4.78, 5) is 32.3. The highest BCUT2D eigenvalue weighted by Gasteiger charge is 2.27. The van der Waals surface area contributed by atoms with E-state index < -0.39 is 0 Å². The lowest BCUT2D eigenvalue weighted by Gasteiger charge is -2.21. The molecular weight excluding hydrogens is 394 g/mol. The number of halogens is 1. The van der Waals surface area contributed by atoms with Crippen molar-refractivity contribution in [1.82, 2.24) is 4.98 Å². The summed E-state index contributed by atoms with van der Waals surface area (Å²) in [5.41, 5.74) is 2.55. The predicted molar refractivity (Wildman–Crippen MR) is 112 cm³/mol. The molecule has 28 heavy (non-hydrogen) atoms. The van der Waals surface area contributed by atoms with E-state index in [1.807, 2.05) is 19.1 Å². The maximum atomic E-state index is 12.9. The first-order valence-electron chi connectivity index (χ1n) is 8.72. The number of carbonyl (C=O) groups excluding carboxylic acids is 2. The van der Waals surface area contributed by atoms with Crippen molar-refractivity contribution in [3.63, 3.8) is 0 Å². The van der Waals surface area contributed by atoms with E-state index in [4.69, 9.17) is 11.6 Å². The standard InChI is InChI=1S/C21H16ClN3O2S/c1-2-25-17-10-9-15(24-19(26)13-5-7-14(22)8-6-13)12-18(17)28-20-16(21(25)27)4-3-11-23-20/h3-12H,2H2,1H3,(H,24,26). The SMILES string of the molecule is CCN1C(=O)c2cccnc2Sc2cc(NC(=O)c3ccc(Cl)cc3)ccc21. The zero-order chi connectivity index (χ0) is 19.7. The summed E-state index contributed by atoms with van der Waals surface area (Å²) in [5.74, 6) is -0.299. The van der Waals surface area contributed by atoms with Gasteiger partial charge in [-0.2, -0.15) is 0 Å². The van der Waals surface area contributed by atoms with Crippen molar-refractivity contribution in [2.45, 2.75) is 16.8 Å². The Hall–Kier alpha value is -2.83. The molecule has 0 spiro atoms. The third-order valence-corrected chi connectivity index (χ3v) is 5.70. The van der Waals surface area contributed by atoms with Crippen molar-refractivity contribution in [1.29, 1.82) is 0 Å². The van der Waals surface area contributed by atoms with E-state index in [1.165, 1.54) is 11.8 Å². The maximum Gasteiger partial charge on any atom is 0.261 e. The van der Waals surface area contributed by atoms with Gasteiger partial charge in [-0.05, 0) is 61.5 Å². The van der Waals surface area contributed by atoms with Gasteiger partial charge in [0.1, 0.15) is 5.03 Å². The Balaban J connectivity index is 1.68. The van der Waals surface area contributed by atoms with E-state index in [-0.39, 0.29) is 11.8 Å². The molecule has 0 saturated carbocycles. The molecule has 4 rings (SSSR count). The molecule has 0 fully saturated rings. The molecule has 1 aliphatic heterocycles. The molecule has 1 aromatic heterocycles. The Morgan fingerprint density at radius 3 is 2.71 bits per heavy atom. The summed E-state index contributed by atoms with van der Waals surface area (Å²) in [5, 5.41) is 4.13. The molecule has 0 aliphatic carbocycles. The molecule has 2 amide bonds. The van der Waals surface area contributed by atoms with Crippen LogP contribution in [0.4, 0.5) is 11.4 Å². The summed E-state index contributed by atoms with van der Waals surface area (Å²) in [7, 11) is 0. The van der Waals surface area contributed by atoms with Gasteiger partial charge in [0.05, 0.1) is 11.3 Å². The van der Waals surface area contributed by atoms with Gasteiger partial charge in [0.25, 0.3) is 11.8 Å². The van der Waals surface area contributed by atoms with Gasteiger partial charge in [0.2, 0.25) is 0 Å². The van der Waals surface area contributed by atoms with Crippen LogP contribution >= 0.6 is 23.4 Å². The Morgan fingerprint density at radius 2 is 1.96 bits per heavy atom. The Morgan fingerprint density at radius 1 is 1.18 bits per heavy atom. The first-order chi connectivity index (χ1) is 13.6. The molecule has 1 N–H and O–H groups in total. The number of hydrogen-bond acceptors (Lipinski definition) is 4. The lowest BCUT2D eigenvalue weighted by Crippen LogP contribution is -2.30. The smallest absolute Gasteiger partial charge is 0.261 e. The number of rotatable bonds is 3. The van der Waals surface area contributed by atoms with Crippen molar-refractivity contribution >= 4 is 46.6 Å². The molecule has 5 nitrogen and oxygen atoms in total. The summed E-state index contributed by atoms with van der Waals surface area (Å²) in [6, 6.07) is 15.8. The summed E-state index contributed by atoms with van der Waals surface area (Å²) in [6.45, 7) is 2.47. The number of fused-ring (bicyclic) bond motifs is 2. The predicted octanol–water partition coefficient (Wildman–Crippen LogP) is 5.12. The molecule has 0 unspecified atom stereocenters. The number of carbonyl (C=O) groups is 2. The molecule has 1 aliphatic rings. The van der Waals surface area contributed by atoms with Gasteiger partial charge in [-0.1, -0.05) is 23.4 Å². The molecule has 0 saturated heterocycles. The zero-order valence-corrected chi connectivity index (χ0v) is 16.6. The van der Waals surface area contributed by atoms with Crippen LogP contribution in [0.1, 0.15) is 27.6 Å². The monoisotopic (exact) mass is 409 g/mol. The van der Waals surface area contributed by atoms with Gasteiger partial charge < -0.3 is 10.2 Å². The quantitative estimate of drug-likeness (QED) is 0.652. The molecule has 0 bridgehead atoms. The van der Waals surface area contributed by atoms with Crippen LogP contribution in [0.15, 0.2) is 70.7 Å². The van der Waals surface area contributed by atoms with Crippen LogP contribution in [0.5, 0.6) is 0 Å². The topological polar surface area (TPSA) is 62.3 Å². The number of nitrogens with one attached hydrogen (secondary N) is 1. The number of pyridine rings is 1. The number of aromatic nitrogens is 1. The molecule has 0 radical (unpaired) electrons. The summed E-state index contributed by atoms with van der Waals surface area (Å²) < 4.78 is 0. The molecule has 140 valence electrons. The largest absolute Gasteiger partial charge is 0.322 e. The van der Waals surface area contributed by atoms with Gasteiger partial charge in [-0.15, -0.1) is 0 Å². The van der Waals surface area contributed by atoms with Crippen LogP contribution in [0.2, 0.25) is 5.02 Å². The van der Waals surface area contributed by atoms with Crippen molar-refractivity contribution in [3.8, 4) is 0 Å². The number of anilines is 2. The van der Waals surface area contributed by atoms with E-state index in [0.717, 1.165) is 10.6 Å². The van der Waals surface area contributed by atoms with Gasteiger partial charge >= 0.3 is 0 Å². The Kier molecular flexibility index (Phi) is 5.07.